The van der Waals surface area contributed by atoms with E-state index in [2.05, 4.69) is 27.5 Å². The zero-order chi connectivity index (χ0) is 18.5. The Morgan fingerprint density at radius 1 is 1.38 bits per heavy atom. The van der Waals surface area contributed by atoms with Crippen LogP contribution < -0.4 is 10.6 Å². The standard InChI is InChI=1S/C18H21F3N4O/c1-10-7-11(10)9-17(5-2-6-17)25-16(26)22-12-3-4-13-14(8-12)24-15(23-13)18(19,20)21/h3-4,8,10-11H,2,5-7,9H2,1H3,(H,23,24)(H2,22,25,26)/t10-,11?/m0/s1. The summed E-state index contributed by atoms with van der Waals surface area (Å²) in [6.45, 7) is 2.23. The normalized spacial score (nSPS) is 24.2. The highest BCUT2D eigenvalue weighted by atomic mass is 19.4. The molecule has 26 heavy (non-hydrogen) atoms. The predicted molar refractivity (Wildman–Crippen MR) is 91.7 cm³/mol. The van der Waals surface area contributed by atoms with Crippen LogP contribution in [0.1, 0.15) is 44.9 Å². The first-order chi connectivity index (χ1) is 12.2. The number of benzene rings is 1. The number of nitrogens with zero attached hydrogens (tertiary/aromatic N) is 1. The van der Waals surface area contributed by atoms with Gasteiger partial charge < -0.3 is 15.6 Å². The van der Waals surface area contributed by atoms with Gasteiger partial charge in [0.25, 0.3) is 0 Å². The monoisotopic (exact) mass is 366 g/mol. The van der Waals surface area contributed by atoms with Gasteiger partial charge in [-0.2, -0.15) is 13.2 Å². The zero-order valence-electron chi connectivity index (χ0n) is 14.4. The summed E-state index contributed by atoms with van der Waals surface area (Å²) in [7, 11) is 0. The third-order valence-electron chi connectivity index (χ3n) is 5.63. The number of hydrogen-bond acceptors (Lipinski definition) is 2. The van der Waals surface area contributed by atoms with Crippen LogP contribution >= 0.6 is 0 Å². The van der Waals surface area contributed by atoms with Crippen LogP contribution in [0.2, 0.25) is 0 Å². The van der Waals surface area contributed by atoms with Gasteiger partial charge >= 0.3 is 12.2 Å². The van der Waals surface area contributed by atoms with Gasteiger partial charge in [-0.25, -0.2) is 9.78 Å². The summed E-state index contributed by atoms with van der Waals surface area (Å²) < 4.78 is 38.2. The molecule has 1 aromatic carbocycles. The summed E-state index contributed by atoms with van der Waals surface area (Å²) in [5.41, 5.74) is 0.754. The van der Waals surface area contributed by atoms with Gasteiger partial charge in [-0.05, 0) is 62.1 Å². The van der Waals surface area contributed by atoms with Crippen LogP contribution in [-0.4, -0.2) is 21.5 Å². The minimum absolute atomic E-state index is 0.124. The Balaban J connectivity index is 1.43. The molecule has 8 heteroatoms. The Labute approximate surface area is 148 Å². The average molecular weight is 366 g/mol. The molecule has 3 N–H and O–H groups in total. The van der Waals surface area contributed by atoms with Gasteiger partial charge in [0.15, 0.2) is 0 Å². The molecule has 0 spiro atoms. The molecule has 2 saturated carbocycles. The number of hydrogen-bond donors (Lipinski definition) is 3. The Morgan fingerprint density at radius 3 is 2.69 bits per heavy atom. The molecule has 2 aliphatic carbocycles. The van der Waals surface area contributed by atoms with Crippen molar-refractivity contribution in [2.24, 2.45) is 11.8 Å². The minimum atomic E-state index is -4.53. The largest absolute Gasteiger partial charge is 0.449 e. The molecule has 2 aromatic rings. The topological polar surface area (TPSA) is 69.8 Å². The molecule has 2 fully saturated rings. The number of amides is 2. The molecule has 0 saturated heterocycles. The lowest BCUT2D eigenvalue weighted by molar-refractivity contribution is -0.144. The van der Waals surface area contributed by atoms with E-state index in [0.29, 0.717) is 11.6 Å². The van der Waals surface area contributed by atoms with Crippen molar-refractivity contribution in [2.75, 3.05) is 5.32 Å². The van der Waals surface area contributed by atoms with E-state index < -0.39 is 12.0 Å². The molecule has 140 valence electrons. The lowest BCUT2D eigenvalue weighted by atomic mass is 9.73. The molecule has 0 radical (unpaired) electrons. The van der Waals surface area contributed by atoms with Crippen LogP contribution in [0, 0.1) is 11.8 Å². The number of imidazole rings is 1. The van der Waals surface area contributed by atoms with Crippen LogP contribution in [0.5, 0.6) is 0 Å². The number of rotatable bonds is 4. The summed E-state index contributed by atoms with van der Waals surface area (Å²) in [5.74, 6) is 0.391. The summed E-state index contributed by atoms with van der Waals surface area (Å²) in [6.07, 6.45) is 0.789. The van der Waals surface area contributed by atoms with E-state index in [9.17, 15) is 18.0 Å². The molecule has 1 aromatic heterocycles. The number of carbonyl (C=O) groups is 1. The van der Waals surface area contributed by atoms with Crippen molar-refractivity contribution in [1.29, 1.82) is 0 Å². The molecule has 5 nitrogen and oxygen atoms in total. The highest BCUT2D eigenvalue weighted by Gasteiger charge is 2.45. The molecule has 2 amide bonds. The van der Waals surface area contributed by atoms with Crippen molar-refractivity contribution in [2.45, 2.75) is 50.7 Å². The summed E-state index contributed by atoms with van der Waals surface area (Å²) in [5, 5.41) is 5.82. The molecule has 1 unspecified atom stereocenters. The maximum absolute atomic E-state index is 12.7. The second-order valence-electron chi connectivity index (χ2n) is 7.71. The number of fused-ring (bicyclic) bond motifs is 1. The number of aromatic nitrogens is 2. The third-order valence-corrected chi connectivity index (χ3v) is 5.63. The van der Waals surface area contributed by atoms with Crippen LogP contribution in [0.25, 0.3) is 11.0 Å². The molecular weight excluding hydrogens is 345 g/mol. The summed E-state index contributed by atoms with van der Waals surface area (Å²) in [4.78, 5) is 18.2. The first kappa shape index (κ1) is 17.2. The van der Waals surface area contributed by atoms with Crippen LogP contribution in [0.4, 0.5) is 23.7 Å². The molecule has 2 atom stereocenters. The maximum atomic E-state index is 12.7. The number of aromatic amines is 1. The molecule has 0 aliphatic heterocycles. The van der Waals surface area contributed by atoms with Crippen molar-refractivity contribution in [3.05, 3.63) is 24.0 Å². The maximum Gasteiger partial charge on any atom is 0.449 e. The number of nitrogens with one attached hydrogen (secondary N) is 3. The van der Waals surface area contributed by atoms with Crippen molar-refractivity contribution >= 4 is 22.8 Å². The highest BCUT2D eigenvalue weighted by molar-refractivity contribution is 5.92. The fourth-order valence-corrected chi connectivity index (χ4v) is 3.79. The molecule has 1 heterocycles. The number of halogens is 3. The lowest BCUT2D eigenvalue weighted by Crippen LogP contribution is -2.55. The Kier molecular flexibility index (Phi) is 3.89. The Bertz CT molecular complexity index is 841. The van der Waals surface area contributed by atoms with Gasteiger partial charge in [0.2, 0.25) is 5.82 Å². The third kappa shape index (κ3) is 3.37. The van der Waals surface area contributed by atoms with E-state index in [1.54, 1.807) is 6.07 Å². The molecular formula is C18H21F3N4O. The average Bonchev–Trinajstić information content (AvgIpc) is 3.04. The Morgan fingerprint density at radius 2 is 2.12 bits per heavy atom. The van der Waals surface area contributed by atoms with Crippen LogP contribution in [0.15, 0.2) is 18.2 Å². The van der Waals surface area contributed by atoms with Gasteiger partial charge in [0, 0.05) is 11.2 Å². The number of urea groups is 1. The summed E-state index contributed by atoms with van der Waals surface area (Å²) >= 11 is 0. The quantitative estimate of drug-likeness (QED) is 0.736. The van der Waals surface area contributed by atoms with Crippen LogP contribution in [0.3, 0.4) is 0 Å². The van der Waals surface area contributed by atoms with Crippen molar-refractivity contribution in [1.82, 2.24) is 15.3 Å². The smallest absolute Gasteiger partial charge is 0.334 e. The van der Waals surface area contributed by atoms with Gasteiger partial charge in [0.05, 0.1) is 11.0 Å². The number of anilines is 1. The molecule has 0 bridgehead atoms. The second kappa shape index (κ2) is 5.89. The first-order valence-corrected chi connectivity index (χ1v) is 8.90. The van der Waals surface area contributed by atoms with Crippen molar-refractivity contribution in [3.63, 3.8) is 0 Å². The van der Waals surface area contributed by atoms with Gasteiger partial charge in [0.1, 0.15) is 0 Å². The van der Waals surface area contributed by atoms with E-state index in [4.69, 9.17) is 0 Å². The molecule has 4 rings (SSSR count). The van der Waals surface area contributed by atoms with Crippen molar-refractivity contribution < 1.29 is 18.0 Å². The van der Waals surface area contributed by atoms with Gasteiger partial charge in [-0.3, -0.25) is 0 Å². The van der Waals surface area contributed by atoms with E-state index >= 15 is 0 Å². The van der Waals surface area contributed by atoms with Crippen molar-refractivity contribution in [3.8, 4) is 0 Å². The highest BCUT2D eigenvalue weighted by Crippen LogP contribution is 2.48. The SMILES string of the molecule is C[C@H]1CC1CC1(NC(=O)Nc2ccc3nc(C(F)(F)F)[nH]c3c2)CCC1. The lowest BCUT2D eigenvalue weighted by Gasteiger charge is -2.43. The van der Waals surface area contributed by atoms with E-state index in [1.807, 2.05) is 0 Å². The van der Waals surface area contributed by atoms with Gasteiger partial charge in [-0.1, -0.05) is 6.92 Å². The minimum Gasteiger partial charge on any atom is -0.334 e. The van der Waals surface area contributed by atoms with E-state index in [0.717, 1.165) is 31.6 Å². The van der Waals surface area contributed by atoms with E-state index in [-0.39, 0.29) is 22.6 Å². The molecule has 2 aliphatic rings. The van der Waals surface area contributed by atoms with Crippen LogP contribution in [-0.2, 0) is 6.18 Å². The summed E-state index contributed by atoms with van der Waals surface area (Å²) in [6, 6.07) is 4.17. The number of alkyl halides is 3. The fraction of sp³-hybridized carbons (Fsp3) is 0.556. The van der Waals surface area contributed by atoms with E-state index in [1.165, 1.54) is 18.6 Å². The number of H-pyrrole nitrogens is 1. The first-order valence-electron chi connectivity index (χ1n) is 8.90. The predicted octanol–water partition coefficient (Wildman–Crippen LogP) is 4.67. The number of carbonyl (C=O) groups excluding carboxylic acids is 1. The fourth-order valence-electron chi connectivity index (χ4n) is 3.79. The second-order valence-corrected chi connectivity index (χ2v) is 7.71. The van der Waals surface area contributed by atoms with Gasteiger partial charge in [-0.15, -0.1) is 0 Å². The zero-order valence-corrected chi connectivity index (χ0v) is 14.4. The Hall–Kier alpha value is -2.25.